The fraction of sp³-hybridized carbons (Fsp3) is 0.292. The number of hydrogen-bond acceptors (Lipinski definition) is 7. The zero-order chi connectivity index (χ0) is 24.6. The van der Waals surface area contributed by atoms with Crippen LogP contribution in [0, 0.1) is 13.8 Å². The lowest BCUT2D eigenvalue weighted by Gasteiger charge is -2.26. The molecule has 9 nitrogen and oxygen atoms in total. The van der Waals surface area contributed by atoms with Gasteiger partial charge in [0.2, 0.25) is 10.0 Å². The van der Waals surface area contributed by atoms with Crippen LogP contribution in [0.4, 0.5) is 0 Å². The molecule has 1 saturated heterocycles. The van der Waals surface area contributed by atoms with E-state index in [1.165, 1.54) is 16.1 Å². The summed E-state index contributed by atoms with van der Waals surface area (Å²) in [6, 6.07) is 14.3. The standard InChI is InChI=1S/C24H25N5O4S2/c1-17-14-21(22(30)16-34-24-26-25-23-8-3-4-9-28(23)24)18(2)29(17)19-6-5-7-20(15-19)35(31,32)27-10-12-33-13-11-27/h3-9,14-15H,10-13,16H2,1-2H3. The Labute approximate surface area is 207 Å². The van der Waals surface area contributed by atoms with Crippen LogP contribution in [0.3, 0.4) is 0 Å². The minimum Gasteiger partial charge on any atom is -0.379 e. The number of benzene rings is 1. The molecule has 35 heavy (non-hydrogen) atoms. The van der Waals surface area contributed by atoms with Crippen molar-refractivity contribution in [2.45, 2.75) is 23.9 Å². The Balaban J connectivity index is 1.39. The highest BCUT2D eigenvalue weighted by Crippen LogP contribution is 2.26. The van der Waals surface area contributed by atoms with Gasteiger partial charge in [0.1, 0.15) is 0 Å². The molecule has 0 N–H and O–H groups in total. The van der Waals surface area contributed by atoms with Crippen molar-refractivity contribution in [2.24, 2.45) is 0 Å². The number of rotatable bonds is 7. The van der Waals surface area contributed by atoms with Crippen molar-refractivity contribution in [3.05, 3.63) is 71.7 Å². The van der Waals surface area contributed by atoms with E-state index in [2.05, 4.69) is 10.2 Å². The Morgan fingerprint density at radius 3 is 2.66 bits per heavy atom. The molecule has 1 aliphatic rings. The van der Waals surface area contributed by atoms with Crippen LogP contribution in [-0.4, -0.2) is 69.7 Å². The molecule has 182 valence electrons. The smallest absolute Gasteiger partial charge is 0.243 e. The largest absolute Gasteiger partial charge is 0.379 e. The normalized spacial score (nSPS) is 15.0. The predicted octanol–water partition coefficient (Wildman–Crippen LogP) is 3.13. The number of sulfonamides is 1. The summed E-state index contributed by atoms with van der Waals surface area (Å²) >= 11 is 1.34. The number of Topliss-reactive ketones (excluding diaryl/α,β-unsaturated/α-hetero) is 1. The Kier molecular flexibility index (Phi) is 6.49. The van der Waals surface area contributed by atoms with Crippen molar-refractivity contribution in [1.29, 1.82) is 0 Å². The lowest BCUT2D eigenvalue weighted by atomic mass is 10.2. The first-order valence-electron chi connectivity index (χ1n) is 11.2. The van der Waals surface area contributed by atoms with E-state index in [0.717, 1.165) is 17.0 Å². The zero-order valence-corrected chi connectivity index (χ0v) is 21.1. The molecule has 1 fully saturated rings. The number of ether oxygens (including phenoxy) is 1. The maximum absolute atomic E-state index is 13.1. The third kappa shape index (κ3) is 4.52. The van der Waals surface area contributed by atoms with Crippen LogP contribution in [0.25, 0.3) is 11.3 Å². The number of pyridine rings is 1. The Morgan fingerprint density at radius 1 is 1.06 bits per heavy atom. The topological polar surface area (TPSA) is 98.8 Å². The molecule has 0 saturated carbocycles. The third-order valence-electron chi connectivity index (χ3n) is 6.03. The highest BCUT2D eigenvalue weighted by atomic mass is 32.2. The molecule has 0 aliphatic carbocycles. The van der Waals surface area contributed by atoms with Crippen LogP contribution in [0.1, 0.15) is 21.7 Å². The molecule has 4 heterocycles. The minimum atomic E-state index is -3.62. The molecular weight excluding hydrogens is 486 g/mol. The summed E-state index contributed by atoms with van der Waals surface area (Å²) in [5.41, 5.74) is 3.65. The number of aromatic nitrogens is 4. The lowest BCUT2D eigenvalue weighted by Crippen LogP contribution is -2.40. The molecule has 0 radical (unpaired) electrons. The van der Waals surface area contributed by atoms with Gasteiger partial charge in [-0.1, -0.05) is 23.9 Å². The minimum absolute atomic E-state index is 0.0286. The summed E-state index contributed by atoms with van der Waals surface area (Å²) in [4.78, 5) is 13.3. The van der Waals surface area contributed by atoms with Crippen LogP contribution >= 0.6 is 11.8 Å². The van der Waals surface area contributed by atoms with E-state index < -0.39 is 10.0 Å². The summed E-state index contributed by atoms with van der Waals surface area (Å²) in [7, 11) is -3.62. The average molecular weight is 512 g/mol. The molecule has 0 atom stereocenters. The third-order valence-corrected chi connectivity index (χ3v) is 8.87. The number of aryl methyl sites for hydroxylation is 1. The number of carbonyl (C=O) groups excluding carboxylic acids is 1. The second-order valence-corrected chi connectivity index (χ2v) is 11.1. The quantitative estimate of drug-likeness (QED) is 0.278. The Bertz CT molecular complexity index is 1500. The molecule has 0 spiro atoms. The number of thioether (sulfide) groups is 1. The van der Waals surface area contributed by atoms with Crippen molar-refractivity contribution in [3.63, 3.8) is 0 Å². The van der Waals surface area contributed by atoms with Crippen molar-refractivity contribution in [1.82, 2.24) is 23.5 Å². The SMILES string of the molecule is Cc1cc(C(=O)CSc2nnc3ccccn23)c(C)n1-c1cccc(S(=O)(=O)N2CCOCC2)c1. The average Bonchev–Trinajstić information content (AvgIpc) is 3.43. The van der Waals surface area contributed by atoms with Gasteiger partial charge in [-0.3, -0.25) is 9.20 Å². The van der Waals surface area contributed by atoms with E-state index in [0.29, 0.717) is 42.7 Å². The summed E-state index contributed by atoms with van der Waals surface area (Å²) < 4.78 is 36.8. The summed E-state index contributed by atoms with van der Waals surface area (Å²) in [5.74, 6) is 0.185. The highest BCUT2D eigenvalue weighted by molar-refractivity contribution is 7.99. The van der Waals surface area contributed by atoms with Gasteiger partial charge in [0, 0.05) is 41.9 Å². The number of ketones is 1. The number of hydrogen-bond donors (Lipinski definition) is 0. The van der Waals surface area contributed by atoms with E-state index in [1.54, 1.807) is 18.2 Å². The van der Waals surface area contributed by atoms with Crippen molar-refractivity contribution >= 4 is 33.2 Å². The van der Waals surface area contributed by atoms with Gasteiger partial charge in [-0.2, -0.15) is 4.31 Å². The van der Waals surface area contributed by atoms with Crippen LogP contribution in [0.5, 0.6) is 0 Å². The van der Waals surface area contributed by atoms with E-state index in [-0.39, 0.29) is 16.4 Å². The zero-order valence-electron chi connectivity index (χ0n) is 19.4. The fourth-order valence-corrected chi connectivity index (χ4v) is 6.54. The number of fused-ring (bicyclic) bond motifs is 1. The molecule has 4 aromatic rings. The first-order valence-corrected chi connectivity index (χ1v) is 13.6. The van der Waals surface area contributed by atoms with Gasteiger partial charge >= 0.3 is 0 Å². The predicted molar refractivity (Wildman–Crippen MR) is 133 cm³/mol. The Morgan fingerprint density at radius 2 is 1.86 bits per heavy atom. The van der Waals surface area contributed by atoms with Crippen LogP contribution in [0.15, 0.2) is 64.8 Å². The van der Waals surface area contributed by atoms with Gasteiger partial charge in [0.15, 0.2) is 16.6 Å². The van der Waals surface area contributed by atoms with E-state index in [4.69, 9.17) is 4.74 Å². The van der Waals surface area contributed by atoms with Gasteiger partial charge in [-0.25, -0.2) is 8.42 Å². The molecular formula is C24H25N5O4S2. The van der Waals surface area contributed by atoms with Gasteiger partial charge in [-0.15, -0.1) is 10.2 Å². The molecule has 1 aliphatic heterocycles. The summed E-state index contributed by atoms with van der Waals surface area (Å²) in [5, 5.41) is 8.95. The first kappa shape index (κ1) is 23.7. The molecule has 0 amide bonds. The summed E-state index contributed by atoms with van der Waals surface area (Å²) in [6.45, 7) is 5.25. The molecule has 1 aromatic carbocycles. The maximum Gasteiger partial charge on any atom is 0.243 e. The van der Waals surface area contributed by atoms with Crippen LogP contribution in [0.2, 0.25) is 0 Å². The fourth-order valence-electron chi connectivity index (χ4n) is 4.29. The molecule has 3 aromatic heterocycles. The first-order chi connectivity index (χ1) is 16.9. The van der Waals surface area contributed by atoms with E-state index >= 15 is 0 Å². The van der Waals surface area contributed by atoms with Crippen LogP contribution in [-0.2, 0) is 14.8 Å². The molecule has 11 heteroatoms. The summed E-state index contributed by atoms with van der Waals surface area (Å²) in [6.07, 6.45) is 1.87. The molecule has 0 unspecified atom stereocenters. The van der Waals surface area contributed by atoms with Gasteiger partial charge in [0.05, 0.1) is 23.9 Å². The van der Waals surface area contributed by atoms with Gasteiger partial charge in [-0.05, 0) is 50.2 Å². The Hall–Kier alpha value is -2.99. The maximum atomic E-state index is 13.1. The second-order valence-electron chi connectivity index (χ2n) is 8.26. The molecule has 5 rings (SSSR count). The number of morpholine rings is 1. The number of nitrogens with zero attached hydrogens (tertiary/aromatic N) is 5. The van der Waals surface area contributed by atoms with Gasteiger partial charge in [0.25, 0.3) is 0 Å². The highest BCUT2D eigenvalue weighted by Gasteiger charge is 2.27. The van der Waals surface area contributed by atoms with E-state index in [1.807, 2.05) is 59.3 Å². The monoisotopic (exact) mass is 511 g/mol. The second kappa shape index (κ2) is 9.57. The lowest BCUT2D eigenvalue weighted by molar-refractivity contribution is 0.0730. The van der Waals surface area contributed by atoms with Crippen molar-refractivity contribution in [2.75, 3.05) is 32.1 Å². The van der Waals surface area contributed by atoms with Crippen molar-refractivity contribution in [3.8, 4) is 5.69 Å². The van der Waals surface area contributed by atoms with Crippen LogP contribution < -0.4 is 0 Å². The number of carbonyl (C=O) groups is 1. The van der Waals surface area contributed by atoms with Gasteiger partial charge < -0.3 is 9.30 Å². The van der Waals surface area contributed by atoms with E-state index in [9.17, 15) is 13.2 Å². The molecule has 0 bridgehead atoms. The van der Waals surface area contributed by atoms with Crippen molar-refractivity contribution < 1.29 is 17.9 Å².